The first-order chi connectivity index (χ1) is 9.50. The molecule has 0 saturated carbocycles. The van der Waals surface area contributed by atoms with Crippen molar-refractivity contribution in [2.24, 2.45) is 11.7 Å². The SMILES string of the molecule is NCc1ccc(C(F)(F)F)nc1OCC1CCOCC1. The molecule has 2 N–H and O–H groups in total. The summed E-state index contributed by atoms with van der Waals surface area (Å²) in [4.78, 5) is 3.54. The largest absolute Gasteiger partial charge is 0.477 e. The zero-order chi connectivity index (χ0) is 14.6. The number of rotatable bonds is 4. The van der Waals surface area contributed by atoms with Crippen LogP contribution in [0.2, 0.25) is 0 Å². The van der Waals surface area contributed by atoms with Crippen LogP contribution < -0.4 is 10.5 Å². The van der Waals surface area contributed by atoms with Gasteiger partial charge in [0.15, 0.2) is 0 Å². The fourth-order valence-electron chi connectivity index (χ4n) is 2.02. The maximum absolute atomic E-state index is 12.6. The van der Waals surface area contributed by atoms with Gasteiger partial charge in [-0.05, 0) is 24.8 Å². The van der Waals surface area contributed by atoms with E-state index in [0.29, 0.717) is 25.4 Å². The zero-order valence-electron chi connectivity index (χ0n) is 10.9. The average Bonchev–Trinajstić information content (AvgIpc) is 2.45. The fourth-order valence-corrected chi connectivity index (χ4v) is 2.02. The van der Waals surface area contributed by atoms with Crippen LogP contribution >= 0.6 is 0 Å². The quantitative estimate of drug-likeness (QED) is 0.925. The summed E-state index contributed by atoms with van der Waals surface area (Å²) in [5.74, 6) is 0.263. The lowest BCUT2D eigenvalue weighted by Gasteiger charge is -2.22. The second-order valence-electron chi connectivity index (χ2n) is 4.73. The van der Waals surface area contributed by atoms with E-state index in [2.05, 4.69) is 4.98 Å². The van der Waals surface area contributed by atoms with Gasteiger partial charge in [0.2, 0.25) is 5.88 Å². The molecular weight excluding hydrogens is 273 g/mol. The number of nitrogens with zero attached hydrogens (tertiary/aromatic N) is 1. The van der Waals surface area contributed by atoms with Crippen LogP contribution in [-0.2, 0) is 17.5 Å². The molecule has 1 aromatic heterocycles. The third-order valence-electron chi connectivity index (χ3n) is 3.25. The molecule has 1 aliphatic rings. The van der Waals surface area contributed by atoms with E-state index in [1.807, 2.05) is 0 Å². The highest BCUT2D eigenvalue weighted by molar-refractivity contribution is 5.29. The van der Waals surface area contributed by atoms with Crippen molar-refractivity contribution in [1.82, 2.24) is 4.98 Å². The molecule has 112 valence electrons. The molecule has 0 atom stereocenters. The number of pyridine rings is 1. The number of nitrogens with two attached hydrogens (primary N) is 1. The number of ether oxygens (including phenoxy) is 2. The van der Waals surface area contributed by atoms with Crippen LogP contribution in [0.25, 0.3) is 0 Å². The van der Waals surface area contributed by atoms with Crippen LogP contribution in [0.5, 0.6) is 5.88 Å². The molecule has 20 heavy (non-hydrogen) atoms. The van der Waals surface area contributed by atoms with Gasteiger partial charge in [-0.2, -0.15) is 13.2 Å². The van der Waals surface area contributed by atoms with E-state index >= 15 is 0 Å². The second-order valence-corrected chi connectivity index (χ2v) is 4.73. The van der Waals surface area contributed by atoms with Gasteiger partial charge < -0.3 is 15.2 Å². The number of hydrogen-bond acceptors (Lipinski definition) is 4. The molecule has 0 aromatic carbocycles. The number of alkyl halides is 3. The Balaban J connectivity index is 2.07. The second kappa shape index (κ2) is 6.41. The molecule has 0 radical (unpaired) electrons. The molecule has 0 spiro atoms. The summed E-state index contributed by atoms with van der Waals surface area (Å²) in [6.07, 6.45) is -2.79. The Morgan fingerprint density at radius 1 is 1.30 bits per heavy atom. The minimum absolute atomic E-state index is 0.0196. The van der Waals surface area contributed by atoms with Crippen molar-refractivity contribution in [2.45, 2.75) is 25.6 Å². The monoisotopic (exact) mass is 290 g/mol. The topological polar surface area (TPSA) is 57.4 Å². The normalized spacial score (nSPS) is 17.2. The molecule has 4 nitrogen and oxygen atoms in total. The van der Waals surface area contributed by atoms with Crippen LogP contribution in [0.3, 0.4) is 0 Å². The third-order valence-corrected chi connectivity index (χ3v) is 3.25. The van der Waals surface area contributed by atoms with Gasteiger partial charge in [0.25, 0.3) is 0 Å². The van der Waals surface area contributed by atoms with Gasteiger partial charge >= 0.3 is 6.18 Å². The van der Waals surface area contributed by atoms with Crippen molar-refractivity contribution in [3.63, 3.8) is 0 Å². The summed E-state index contributed by atoms with van der Waals surface area (Å²) >= 11 is 0. The maximum Gasteiger partial charge on any atom is 0.433 e. The first kappa shape index (κ1) is 15.1. The van der Waals surface area contributed by atoms with Crippen LogP contribution in [-0.4, -0.2) is 24.8 Å². The highest BCUT2D eigenvalue weighted by Crippen LogP contribution is 2.30. The maximum atomic E-state index is 12.6. The molecule has 1 aromatic rings. The lowest BCUT2D eigenvalue weighted by Crippen LogP contribution is -2.22. The van der Waals surface area contributed by atoms with Crippen molar-refractivity contribution in [1.29, 1.82) is 0 Å². The van der Waals surface area contributed by atoms with Gasteiger partial charge in [-0.15, -0.1) is 0 Å². The molecule has 1 saturated heterocycles. The van der Waals surface area contributed by atoms with Crippen molar-refractivity contribution in [3.8, 4) is 5.88 Å². The van der Waals surface area contributed by atoms with Crippen molar-refractivity contribution in [2.75, 3.05) is 19.8 Å². The van der Waals surface area contributed by atoms with E-state index in [0.717, 1.165) is 18.9 Å². The summed E-state index contributed by atoms with van der Waals surface area (Å²) < 4.78 is 48.6. The zero-order valence-corrected chi connectivity index (χ0v) is 10.9. The van der Waals surface area contributed by atoms with Gasteiger partial charge in [-0.3, -0.25) is 0 Å². The summed E-state index contributed by atoms with van der Waals surface area (Å²) in [6.45, 7) is 1.75. The summed E-state index contributed by atoms with van der Waals surface area (Å²) in [5.41, 5.74) is 5.01. The highest BCUT2D eigenvalue weighted by Gasteiger charge is 2.33. The molecule has 2 rings (SSSR count). The predicted octanol–water partition coefficient (Wildman–Crippen LogP) is 2.36. The van der Waals surface area contributed by atoms with Crippen molar-refractivity contribution < 1.29 is 22.6 Å². The molecule has 2 heterocycles. The van der Waals surface area contributed by atoms with Crippen molar-refractivity contribution >= 4 is 0 Å². The molecule has 0 amide bonds. The minimum Gasteiger partial charge on any atom is -0.477 e. The van der Waals surface area contributed by atoms with E-state index in [-0.39, 0.29) is 18.3 Å². The molecule has 1 fully saturated rings. The number of aromatic nitrogens is 1. The predicted molar refractivity (Wildman–Crippen MR) is 66.2 cm³/mol. The molecule has 0 bridgehead atoms. The molecule has 1 aliphatic heterocycles. The summed E-state index contributed by atoms with van der Waals surface area (Å²) in [5, 5.41) is 0. The van der Waals surface area contributed by atoms with Gasteiger partial charge in [0.05, 0.1) is 6.61 Å². The Morgan fingerprint density at radius 2 is 2.00 bits per heavy atom. The van der Waals surface area contributed by atoms with Crippen molar-refractivity contribution in [3.05, 3.63) is 23.4 Å². The first-order valence-electron chi connectivity index (χ1n) is 6.48. The molecular formula is C13H17F3N2O2. The summed E-state index contributed by atoms with van der Waals surface area (Å²) in [7, 11) is 0. The van der Waals surface area contributed by atoms with E-state index in [9.17, 15) is 13.2 Å². The lowest BCUT2D eigenvalue weighted by molar-refractivity contribution is -0.141. The van der Waals surface area contributed by atoms with Gasteiger partial charge in [0, 0.05) is 25.3 Å². The lowest BCUT2D eigenvalue weighted by atomic mass is 10.0. The fraction of sp³-hybridized carbons (Fsp3) is 0.615. The smallest absolute Gasteiger partial charge is 0.433 e. The Hall–Kier alpha value is -1.34. The van der Waals surface area contributed by atoms with Gasteiger partial charge in [-0.25, -0.2) is 4.98 Å². The number of hydrogen-bond donors (Lipinski definition) is 1. The Labute approximate surface area is 115 Å². The average molecular weight is 290 g/mol. The van der Waals surface area contributed by atoms with Crippen LogP contribution in [0.4, 0.5) is 13.2 Å². The van der Waals surface area contributed by atoms with Gasteiger partial charge in [-0.1, -0.05) is 6.07 Å². The first-order valence-corrected chi connectivity index (χ1v) is 6.48. The van der Waals surface area contributed by atoms with E-state index < -0.39 is 11.9 Å². The molecule has 7 heteroatoms. The number of halogens is 3. The summed E-state index contributed by atoms with van der Waals surface area (Å²) in [6, 6.07) is 2.23. The standard InChI is InChI=1S/C13H17F3N2O2/c14-13(15,16)11-2-1-10(7-17)12(18-11)20-8-9-3-5-19-6-4-9/h1-2,9H,3-8,17H2. The van der Waals surface area contributed by atoms with Crippen LogP contribution in [0, 0.1) is 5.92 Å². The molecule has 0 unspecified atom stereocenters. The van der Waals surface area contributed by atoms with E-state index in [1.165, 1.54) is 6.07 Å². The third kappa shape index (κ3) is 3.83. The van der Waals surface area contributed by atoms with Crippen LogP contribution in [0.15, 0.2) is 12.1 Å². The van der Waals surface area contributed by atoms with Crippen LogP contribution in [0.1, 0.15) is 24.1 Å². The molecule has 0 aliphatic carbocycles. The Kier molecular flexibility index (Phi) is 4.82. The van der Waals surface area contributed by atoms with Gasteiger partial charge in [0.1, 0.15) is 5.69 Å². The highest BCUT2D eigenvalue weighted by atomic mass is 19.4. The Morgan fingerprint density at radius 3 is 2.60 bits per heavy atom. The Bertz CT molecular complexity index is 446. The minimum atomic E-state index is -4.48. The van der Waals surface area contributed by atoms with E-state index in [1.54, 1.807) is 0 Å². The van der Waals surface area contributed by atoms with E-state index in [4.69, 9.17) is 15.2 Å².